The molecule has 2 aromatic rings. The van der Waals surface area contributed by atoms with Gasteiger partial charge in [0.25, 0.3) is 0 Å². The third-order valence-electron chi connectivity index (χ3n) is 2.97. The van der Waals surface area contributed by atoms with Crippen LogP contribution in [0.1, 0.15) is 19.5 Å². The molecule has 1 heterocycles. The van der Waals surface area contributed by atoms with E-state index in [2.05, 4.69) is 23.8 Å². The highest BCUT2D eigenvalue weighted by Crippen LogP contribution is 2.28. The second kappa shape index (κ2) is 6.76. The molecule has 0 bridgehead atoms. The summed E-state index contributed by atoms with van der Waals surface area (Å²) in [7, 11) is 3.23. The van der Waals surface area contributed by atoms with Crippen molar-refractivity contribution in [2.24, 2.45) is 5.92 Å². The summed E-state index contributed by atoms with van der Waals surface area (Å²) in [5.41, 5.74) is 1.75. The van der Waals surface area contributed by atoms with E-state index in [9.17, 15) is 0 Å². The van der Waals surface area contributed by atoms with E-state index in [1.54, 1.807) is 14.2 Å². The number of nitrogens with zero attached hydrogens (tertiary/aromatic N) is 2. The van der Waals surface area contributed by atoms with Crippen LogP contribution in [-0.2, 0) is 6.42 Å². The molecule has 0 fully saturated rings. The van der Waals surface area contributed by atoms with E-state index in [0.29, 0.717) is 28.4 Å². The van der Waals surface area contributed by atoms with Gasteiger partial charge < -0.3 is 9.47 Å². The van der Waals surface area contributed by atoms with Crippen LogP contribution in [-0.4, -0.2) is 24.2 Å². The summed E-state index contributed by atoms with van der Waals surface area (Å²) in [6.07, 6.45) is 0.857. The van der Waals surface area contributed by atoms with Gasteiger partial charge in [-0.1, -0.05) is 25.4 Å². The second-order valence-electron chi connectivity index (χ2n) is 5.20. The van der Waals surface area contributed by atoms with Gasteiger partial charge in [0.1, 0.15) is 16.7 Å². The van der Waals surface area contributed by atoms with Gasteiger partial charge in [-0.05, 0) is 30.5 Å². The van der Waals surface area contributed by atoms with Crippen molar-refractivity contribution < 1.29 is 9.47 Å². The lowest BCUT2D eigenvalue weighted by molar-refractivity contribution is 0.394. The van der Waals surface area contributed by atoms with E-state index >= 15 is 0 Å². The molecule has 0 saturated heterocycles. The lowest BCUT2D eigenvalue weighted by atomic mass is 10.1. The van der Waals surface area contributed by atoms with Gasteiger partial charge in [0.05, 0.1) is 14.2 Å². The molecule has 0 saturated carbocycles. The number of aromatic nitrogens is 2. The Labute approximate surface area is 130 Å². The molecule has 0 N–H and O–H groups in total. The average molecular weight is 307 g/mol. The smallest absolute Gasteiger partial charge is 0.161 e. The van der Waals surface area contributed by atoms with E-state index < -0.39 is 0 Å². The van der Waals surface area contributed by atoms with Gasteiger partial charge in [0.15, 0.2) is 5.82 Å². The fourth-order valence-electron chi connectivity index (χ4n) is 2.05. The zero-order valence-corrected chi connectivity index (χ0v) is 13.4. The summed E-state index contributed by atoms with van der Waals surface area (Å²) >= 11 is 6.12. The Bertz CT molecular complexity index is 607. The molecule has 1 aromatic heterocycles. The number of methoxy groups -OCH3 is 2. The van der Waals surface area contributed by atoms with E-state index in [4.69, 9.17) is 21.1 Å². The van der Waals surface area contributed by atoms with Crippen molar-refractivity contribution in [2.75, 3.05) is 14.2 Å². The zero-order chi connectivity index (χ0) is 15.4. The SMILES string of the molecule is COc1cc(OC)cc(-c2nc(Cl)cc(CC(C)C)n2)c1. The molecule has 0 aliphatic carbocycles. The first-order valence-electron chi connectivity index (χ1n) is 6.78. The van der Waals surface area contributed by atoms with E-state index in [-0.39, 0.29) is 0 Å². The van der Waals surface area contributed by atoms with Crippen LogP contribution in [0.25, 0.3) is 11.4 Å². The molecule has 2 rings (SSSR count). The van der Waals surface area contributed by atoms with E-state index in [1.807, 2.05) is 24.3 Å². The van der Waals surface area contributed by atoms with Crippen molar-refractivity contribution in [3.05, 3.63) is 35.1 Å². The standard InChI is InChI=1S/C16H19ClN2O2/c1-10(2)5-12-8-15(17)19-16(18-12)11-6-13(20-3)9-14(7-11)21-4/h6-10H,5H2,1-4H3. The number of ether oxygens (including phenoxy) is 2. The molecular weight excluding hydrogens is 288 g/mol. The Morgan fingerprint density at radius 1 is 1.00 bits per heavy atom. The van der Waals surface area contributed by atoms with Crippen LogP contribution in [0.3, 0.4) is 0 Å². The Morgan fingerprint density at radius 3 is 2.14 bits per heavy atom. The van der Waals surface area contributed by atoms with Gasteiger partial charge in [-0.2, -0.15) is 0 Å². The molecule has 1 aromatic carbocycles. The van der Waals surface area contributed by atoms with Crippen LogP contribution < -0.4 is 9.47 Å². The molecule has 0 atom stereocenters. The van der Waals surface area contributed by atoms with Crippen LogP contribution >= 0.6 is 11.6 Å². The molecule has 0 spiro atoms. The van der Waals surface area contributed by atoms with Crippen LogP contribution in [0.4, 0.5) is 0 Å². The Morgan fingerprint density at radius 2 is 1.62 bits per heavy atom. The normalized spacial score (nSPS) is 10.8. The van der Waals surface area contributed by atoms with Crippen molar-refractivity contribution in [2.45, 2.75) is 20.3 Å². The van der Waals surface area contributed by atoms with Crippen LogP contribution in [0.5, 0.6) is 11.5 Å². The molecule has 0 aliphatic heterocycles. The van der Waals surface area contributed by atoms with Gasteiger partial charge in [-0.3, -0.25) is 0 Å². The number of hydrogen-bond acceptors (Lipinski definition) is 4. The number of halogens is 1. The third kappa shape index (κ3) is 4.08. The quantitative estimate of drug-likeness (QED) is 0.783. The Hall–Kier alpha value is -1.81. The second-order valence-corrected chi connectivity index (χ2v) is 5.59. The van der Waals surface area contributed by atoms with Crippen LogP contribution in [0.2, 0.25) is 5.15 Å². The molecule has 4 nitrogen and oxygen atoms in total. The third-order valence-corrected chi connectivity index (χ3v) is 3.17. The predicted molar refractivity (Wildman–Crippen MR) is 84.1 cm³/mol. The van der Waals surface area contributed by atoms with Gasteiger partial charge in [0, 0.05) is 17.3 Å². The van der Waals surface area contributed by atoms with Crippen molar-refractivity contribution in [1.29, 1.82) is 0 Å². The lowest BCUT2D eigenvalue weighted by Gasteiger charge is -2.10. The largest absolute Gasteiger partial charge is 0.497 e. The highest BCUT2D eigenvalue weighted by molar-refractivity contribution is 6.29. The maximum absolute atomic E-state index is 6.12. The lowest BCUT2D eigenvalue weighted by Crippen LogP contribution is -2.01. The van der Waals surface area contributed by atoms with Crippen molar-refractivity contribution >= 4 is 11.6 Å². The molecule has 0 radical (unpaired) electrons. The molecule has 0 amide bonds. The van der Waals surface area contributed by atoms with Crippen molar-refractivity contribution in [3.8, 4) is 22.9 Å². The first kappa shape index (κ1) is 15.6. The van der Waals surface area contributed by atoms with E-state index in [0.717, 1.165) is 17.7 Å². The number of benzene rings is 1. The molecule has 21 heavy (non-hydrogen) atoms. The van der Waals surface area contributed by atoms with Crippen LogP contribution in [0, 0.1) is 5.92 Å². The van der Waals surface area contributed by atoms with Gasteiger partial charge in [-0.25, -0.2) is 9.97 Å². The van der Waals surface area contributed by atoms with Crippen molar-refractivity contribution in [1.82, 2.24) is 9.97 Å². The van der Waals surface area contributed by atoms with Gasteiger partial charge >= 0.3 is 0 Å². The maximum Gasteiger partial charge on any atom is 0.161 e. The van der Waals surface area contributed by atoms with Crippen molar-refractivity contribution in [3.63, 3.8) is 0 Å². The first-order chi connectivity index (χ1) is 10.0. The average Bonchev–Trinajstić information content (AvgIpc) is 2.45. The number of rotatable bonds is 5. The predicted octanol–water partition coefficient (Wildman–Crippen LogP) is 4.01. The molecule has 112 valence electrons. The number of hydrogen-bond donors (Lipinski definition) is 0. The molecule has 5 heteroatoms. The molecule has 0 aliphatic rings. The molecular formula is C16H19ClN2O2. The highest BCUT2D eigenvalue weighted by atomic mass is 35.5. The monoisotopic (exact) mass is 306 g/mol. The summed E-state index contributed by atoms with van der Waals surface area (Å²) in [5.74, 6) is 2.47. The highest BCUT2D eigenvalue weighted by Gasteiger charge is 2.10. The fraction of sp³-hybridized carbons (Fsp3) is 0.375. The Balaban J connectivity index is 2.47. The summed E-state index contributed by atoms with van der Waals surface area (Å²) < 4.78 is 10.6. The van der Waals surface area contributed by atoms with Gasteiger partial charge in [-0.15, -0.1) is 0 Å². The fourth-order valence-corrected chi connectivity index (χ4v) is 2.26. The van der Waals surface area contributed by atoms with Crippen LogP contribution in [0.15, 0.2) is 24.3 Å². The summed E-state index contributed by atoms with van der Waals surface area (Å²) in [6.45, 7) is 4.29. The van der Waals surface area contributed by atoms with E-state index in [1.165, 1.54) is 0 Å². The minimum absolute atomic E-state index is 0.442. The summed E-state index contributed by atoms with van der Waals surface area (Å²) in [4.78, 5) is 8.89. The Kier molecular flexibility index (Phi) is 5.02. The minimum Gasteiger partial charge on any atom is -0.497 e. The summed E-state index contributed by atoms with van der Waals surface area (Å²) in [6, 6.07) is 7.35. The first-order valence-corrected chi connectivity index (χ1v) is 7.16. The molecule has 0 unspecified atom stereocenters. The van der Waals surface area contributed by atoms with Gasteiger partial charge in [0.2, 0.25) is 0 Å². The maximum atomic E-state index is 6.12. The summed E-state index contributed by atoms with van der Waals surface area (Å²) in [5, 5.41) is 0.442. The topological polar surface area (TPSA) is 44.2 Å². The minimum atomic E-state index is 0.442. The zero-order valence-electron chi connectivity index (χ0n) is 12.7.